The molecule has 0 heterocycles. The first-order chi connectivity index (χ1) is 13.7. The fraction of sp³-hybridized carbons (Fsp3) is 0.829. The van der Waals surface area contributed by atoms with E-state index >= 15 is 0 Å². The number of rotatable bonds is 0. The monoisotopic (exact) mass is 1050 g/mol. The Labute approximate surface area is 430 Å². The van der Waals surface area contributed by atoms with E-state index in [4.69, 9.17) is 0 Å². The van der Waals surface area contributed by atoms with E-state index in [9.17, 15) is 0 Å². The molecule has 0 aromatic carbocycles. The van der Waals surface area contributed by atoms with Gasteiger partial charge in [-0.1, -0.05) is 192 Å². The Bertz CT molecular complexity index is 67.6. The van der Waals surface area contributed by atoms with Crippen molar-refractivity contribution in [3.8, 4) is 0 Å². The third-order valence-corrected chi connectivity index (χ3v) is 0. The van der Waals surface area contributed by atoms with Crippen LogP contribution in [0.15, 0.2) is 0 Å². The van der Waals surface area contributed by atoms with Crippen LogP contribution in [0.5, 0.6) is 0 Å². The Hall–Kier alpha value is 6.62. The summed E-state index contributed by atoms with van der Waals surface area (Å²) in [5, 5.41) is 0. The van der Waals surface area contributed by atoms with Gasteiger partial charge < -0.3 is 44.6 Å². The van der Waals surface area contributed by atoms with Gasteiger partial charge in [-0.25, -0.2) is 0 Å². The average Bonchev–Trinajstić information content (AvgIpc) is 2.72. The second-order valence-electron chi connectivity index (χ2n) is 5.83. The number of hydrogen-bond acceptors (Lipinski definition) is 0. The zero-order chi connectivity index (χ0) is 27.3. The molecular weight excluding hydrogens is 954 g/mol. The van der Waals surface area contributed by atoms with Crippen molar-refractivity contribution < 1.29 is 196 Å². The van der Waals surface area contributed by atoms with E-state index in [0.29, 0.717) is 5.41 Å². The van der Waals surface area contributed by atoms with Crippen LogP contribution in [-0.2, 0) is 196 Å². The molecule has 0 N–H and O–H groups in total. The quantitative estimate of drug-likeness (QED) is 0.212. The van der Waals surface area contributed by atoms with Gasteiger partial charge in [0.05, 0.1) is 0 Å². The third kappa shape index (κ3) is 2120. The zero-order valence-electron chi connectivity index (χ0n) is 36.8. The molecule has 0 rings (SSSR count). The Kier molecular flexibility index (Phi) is 1460. The van der Waals surface area contributed by atoms with Crippen LogP contribution in [0, 0.1) is 50.0 Å². The molecule has 0 nitrogen and oxygen atoms in total. The first-order valence-electron chi connectivity index (χ1n) is 13.7. The Morgan fingerprint density at radius 3 is 0.244 bits per heavy atom. The maximum Gasteiger partial charge on any atom is 0 e. The molecular formula is C35H98Y6-6. The van der Waals surface area contributed by atoms with Gasteiger partial charge in [0.25, 0.3) is 0 Å². The normalized spacial score (nSPS) is 4.10. The fourth-order valence-electron chi connectivity index (χ4n) is 0. The Morgan fingerprint density at radius 2 is 0.244 bits per heavy atom. The molecule has 0 atom stereocenters. The average molecular weight is 1050 g/mol. The van der Waals surface area contributed by atoms with Gasteiger partial charge >= 0.3 is 0 Å². The van der Waals surface area contributed by atoms with Crippen LogP contribution in [0.1, 0.15) is 192 Å². The van der Waals surface area contributed by atoms with Gasteiger partial charge in [0, 0.05) is 196 Å². The summed E-state index contributed by atoms with van der Waals surface area (Å²) >= 11 is 0. The van der Waals surface area contributed by atoms with Crippen molar-refractivity contribution in [1.29, 1.82) is 0 Å². The van der Waals surface area contributed by atoms with Gasteiger partial charge in [0.1, 0.15) is 0 Å². The van der Waals surface area contributed by atoms with Crippen LogP contribution in [0.2, 0.25) is 0 Å². The van der Waals surface area contributed by atoms with E-state index < -0.39 is 0 Å². The summed E-state index contributed by atoms with van der Waals surface area (Å²) < 4.78 is 0. The van der Waals surface area contributed by atoms with Crippen LogP contribution in [0.3, 0.4) is 0 Å². The molecule has 0 saturated carbocycles. The van der Waals surface area contributed by atoms with Gasteiger partial charge in [-0.2, -0.15) is 0 Å². The fourth-order valence-corrected chi connectivity index (χ4v) is 0. The molecule has 0 unspecified atom stereocenters. The Balaban J connectivity index is -0.00000000408. The van der Waals surface area contributed by atoms with Crippen LogP contribution in [0.25, 0.3) is 0 Å². The minimum atomic E-state index is 0. The molecule has 0 amide bonds. The van der Waals surface area contributed by atoms with Gasteiger partial charge in [-0.3, -0.25) is 0 Å². The van der Waals surface area contributed by atoms with E-state index in [1.54, 1.807) is 0 Å². The van der Waals surface area contributed by atoms with E-state index in [1.807, 2.05) is 83.1 Å². The van der Waals surface area contributed by atoms with Crippen molar-refractivity contribution >= 4 is 0 Å². The summed E-state index contributed by atoms with van der Waals surface area (Å²) in [5.41, 5.74) is 0.500. The minimum absolute atomic E-state index is 0. The van der Waals surface area contributed by atoms with Gasteiger partial charge in [-0.15, -0.1) is 0 Å². The molecule has 0 fully saturated rings. The zero-order valence-corrected chi connectivity index (χ0v) is 53.8. The first kappa shape index (κ1) is 171. The topological polar surface area (TPSA) is 0 Å². The maximum atomic E-state index is 2.19. The van der Waals surface area contributed by atoms with E-state index in [2.05, 4.69) is 83.1 Å². The van der Waals surface area contributed by atoms with Crippen molar-refractivity contribution in [3.63, 3.8) is 0 Å². The first-order valence-corrected chi connectivity index (χ1v) is 13.7. The smallest absolute Gasteiger partial charge is 0 e. The molecule has 0 aliphatic heterocycles. The Morgan fingerprint density at radius 1 is 0.244 bits per heavy atom. The molecule has 41 heavy (non-hydrogen) atoms. The number of hydrogen-bond donors (Lipinski definition) is 0. The van der Waals surface area contributed by atoms with E-state index in [0.717, 1.165) is 0 Å². The molecule has 0 saturated heterocycles. The minimum Gasteiger partial charge on any atom is -0.358 e. The standard InChI is InChI=1S/C5H12.4C3H8.6C2H6.6CH3.6Y/c1-5(2,3)4;4*1-3-2;6*1-2;;;;;;;;;;;;/h1-4H3;4*3H2,1-2H3;6*1-2H3;6*1H3;;;;;;/q;;;;;;;;;;;6*-1;;;;;;. The predicted molar refractivity (Wildman–Crippen MR) is 196 cm³/mol. The molecule has 0 bridgehead atoms. The second kappa shape index (κ2) is 351. The molecule has 0 aromatic rings. The van der Waals surface area contributed by atoms with E-state index in [-0.39, 0.29) is 241 Å². The largest absolute Gasteiger partial charge is 0.358 e. The van der Waals surface area contributed by atoms with Crippen molar-refractivity contribution in [2.45, 2.75) is 192 Å². The van der Waals surface area contributed by atoms with Crippen LogP contribution < -0.4 is 0 Å². The summed E-state index contributed by atoms with van der Waals surface area (Å²) in [4.78, 5) is 0. The van der Waals surface area contributed by atoms with Gasteiger partial charge in [0.15, 0.2) is 0 Å². The SMILES string of the molecule is CC.CC.CC.CC.CC.CC.CC(C)(C)C.CCC.CCC.CCC.CCC.[CH3-].[CH3-].[CH3-].[CH3-].[CH3-].[CH3-].[Y].[Y].[Y].[Y].[Y].[Y]. The van der Waals surface area contributed by atoms with Crippen LogP contribution in [0.4, 0.5) is 0 Å². The predicted octanol–water partition coefficient (Wildman–Crippen LogP) is 16.6. The summed E-state index contributed by atoms with van der Waals surface area (Å²) in [5.74, 6) is 0. The van der Waals surface area contributed by atoms with Crippen molar-refractivity contribution in [2.24, 2.45) is 5.41 Å². The van der Waals surface area contributed by atoms with E-state index in [1.165, 1.54) is 25.7 Å². The summed E-state index contributed by atoms with van der Waals surface area (Å²) in [6.07, 6.45) is 5.00. The van der Waals surface area contributed by atoms with Crippen molar-refractivity contribution in [2.75, 3.05) is 0 Å². The summed E-state index contributed by atoms with van der Waals surface area (Å²) in [7, 11) is 0. The third-order valence-electron chi connectivity index (χ3n) is 0. The molecule has 0 aromatic heterocycles. The second-order valence-corrected chi connectivity index (χ2v) is 5.83. The maximum absolute atomic E-state index is 2.19. The molecule has 0 aliphatic rings. The molecule has 0 spiro atoms. The molecule has 262 valence electrons. The molecule has 6 radical (unpaired) electrons. The van der Waals surface area contributed by atoms with Gasteiger partial charge in [-0.05, 0) is 5.41 Å². The summed E-state index contributed by atoms with van der Waals surface area (Å²) in [6.45, 7) is 49.8. The van der Waals surface area contributed by atoms with Crippen LogP contribution in [-0.4, -0.2) is 0 Å². The molecule has 0 aliphatic carbocycles. The van der Waals surface area contributed by atoms with Gasteiger partial charge in [0.2, 0.25) is 0 Å². The molecule has 6 heteroatoms. The van der Waals surface area contributed by atoms with Crippen molar-refractivity contribution in [1.82, 2.24) is 0 Å². The summed E-state index contributed by atoms with van der Waals surface area (Å²) in [6, 6.07) is 0. The van der Waals surface area contributed by atoms with Crippen LogP contribution >= 0.6 is 0 Å². The van der Waals surface area contributed by atoms with Crippen molar-refractivity contribution in [3.05, 3.63) is 44.6 Å².